The number of hydrogen-bond acceptors (Lipinski definition) is 3. The van der Waals surface area contributed by atoms with Gasteiger partial charge in [0.05, 0.1) is 28.0 Å². The molecule has 0 amide bonds. The van der Waals surface area contributed by atoms with Gasteiger partial charge in [0, 0.05) is 0 Å². The minimum absolute atomic E-state index is 0.187. The number of carbonyl (C=O) groups is 1. The molecule has 1 N–H and O–H groups in total. The third-order valence-corrected chi connectivity index (χ3v) is 3.38. The number of carboxylic acids is 1. The maximum Gasteiger partial charge on any atom is 0.309 e. The van der Waals surface area contributed by atoms with Crippen molar-refractivity contribution in [1.82, 2.24) is 15.0 Å². The zero-order valence-corrected chi connectivity index (χ0v) is 11.9. The van der Waals surface area contributed by atoms with Gasteiger partial charge in [0.1, 0.15) is 5.82 Å². The Kier molecular flexibility index (Phi) is 3.66. The second kappa shape index (κ2) is 5.08. The molecule has 2 rings (SSSR count). The maximum atomic E-state index is 13.4. The zero-order chi connectivity index (χ0) is 14.2. The number of aromatic nitrogens is 3. The molecule has 0 spiro atoms. The number of nitrogens with zero attached hydrogens (tertiary/aromatic N) is 3. The van der Waals surface area contributed by atoms with Gasteiger partial charge in [0.25, 0.3) is 0 Å². The van der Waals surface area contributed by atoms with Crippen LogP contribution < -0.4 is 0 Å². The summed E-state index contributed by atoms with van der Waals surface area (Å²) in [7, 11) is 0. The van der Waals surface area contributed by atoms with Gasteiger partial charge < -0.3 is 5.11 Å². The quantitative estimate of drug-likeness (QED) is 0.940. The summed E-state index contributed by atoms with van der Waals surface area (Å²) in [5.41, 5.74) is 2.38. The molecule has 0 aliphatic carbocycles. The molecule has 2 aromatic rings. The average Bonchev–Trinajstić information content (AvgIpc) is 2.65. The number of benzene rings is 1. The summed E-state index contributed by atoms with van der Waals surface area (Å²) in [5, 5.41) is 16.6. The van der Waals surface area contributed by atoms with Gasteiger partial charge in [-0.1, -0.05) is 5.21 Å². The first-order chi connectivity index (χ1) is 8.90. The first-order valence-electron chi connectivity index (χ1n) is 5.49. The lowest BCUT2D eigenvalue weighted by atomic mass is 10.2. The topological polar surface area (TPSA) is 68.0 Å². The molecular formula is C12H11BrFN3O2. The van der Waals surface area contributed by atoms with E-state index in [1.54, 1.807) is 19.9 Å². The molecule has 0 radical (unpaired) electrons. The molecule has 5 nitrogen and oxygen atoms in total. The molecule has 0 unspecified atom stereocenters. The lowest BCUT2D eigenvalue weighted by Crippen LogP contribution is -2.05. The molecule has 19 heavy (non-hydrogen) atoms. The van der Waals surface area contributed by atoms with E-state index >= 15 is 0 Å². The van der Waals surface area contributed by atoms with Crippen LogP contribution in [-0.4, -0.2) is 26.1 Å². The van der Waals surface area contributed by atoms with Crippen LogP contribution in [0.3, 0.4) is 0 Å². The average molecular weight is 328 g/mol. The minimum atomic E-state index is -0.966. The van der Waals surface area contributed by atoms with Gasteiger partial charge in [-0.2, -0.15) is 0 Å². The normalized spacial score (nSPS) is 10.7. The van der Waals surface area contributed by atoms with Crippen molar-refractivity contribution in [3.05, 3.63) is 39.4 Å². The number of hydrogen-bond donors (Lipinski definition) is 1. The second-order valence-electron chi connectivity index (χ2n) is 4.16. The molecule has 0 saturated heterocycles. The van der Waals surface area contributed by atoms with E-state index in [9.17, 15) is 9.18 Å². The van der Waals surface area contributed by atoms with Crippen molar-refractivity contribution < 1.29 is 14.3 Å². The Morgan fingerprint density at radius 3 is 2.79 bits per heavy atom. The van der Waals surface area contributed by atoms with Gasteiger partial charge in [0.2, 0.25) is 0 Å². The van der Waals surface area contributed by atoms with Crippen LogP contribution in [-0.2, 0) is 11.2 Å². The summed E-state index contributed by atoms with van der Waals surface area (Å²) in [6.07, 6.45) is -0.187. The van der Waals surface area contributed by atoms with Crippen LogP contribution in [0.15, 0.2) is 16.6 Å². The summed E-state index contributed by atoms with van der Waals surface area (Å²) in [4.78, 5) is 10.7. The molecule has 7 heteroatoms. The number of aliphatic carboxylic acids is 1. The lowest BCUT2D eigenvalue weighted by Gasteiger charge is -2.08. The molecule has 0 fully saturated rings. The summed E-state index contributed by atoms with van der Waals surface area (Å²) < 4.78 is 15.2. The van der Waals surface area contributed by atoms with Crippen LogP contribution >= 0.6 is 15.9 Å². The van der Waals surface area contributed by atoms with E-state index in [4.69, 9.17) is 5.11 Å². The molecule has 1 aromatic carbocycles. The number of halogens is 2. The van der Waals surface area contributed by atoms with Crippen molar-refractivity contribution in [3.63, 3.8) is 0 Å². The SMILES string of the molecule is Cc1cc(F)c(Br)cc1-n1nnc(CC(=O)O)c1C. The third-order valence-electron chi connectivity index (χ3n) is 2.78. The van der Waals surface area contributed by atoms with Gasteiger partial charge in [-0.25, -0.2) is 9.07 Å². The van der Waals surface area contributed by atoms with Crippen LogP contribution in [0.2, 0.25) is 0 Å². The molecule has 0 aliphatic heterocycles. The Labute approximate surface area is 117 Å². The Balaban J connectivity index is 2.51. The highest BCUT2D eigenvalue weighted by atomic mass is 79.9. The van der Waals surface area contributed by atoms with Crippen molar-refractivity contribution in [2.75, 3.05) is 0 Å². The lowest BCUT2D eigenvalue weighted by molar-refractivity contribution is -0.136. The first-order valence-corrected chi connectivity index (χ1v) is 6.28. The number of aryl methyl sites for hydroxylation is 1. The summed E-state index contributed by atoms with van der Waals surface area (Å²) in [6.45, 7) is 3.48. The molecular weight excluding hydrogens is 317 g/mol. The van der Waals surface area contributed by atoms with E-state index in [-0.39, 0.29) is 12.2 Å². The van der Waals surface area contributed by atoms with E-state index in [0.29, 0.717) is 27.1 Å². The Morgan fingerprint density at radius 2 is 2.16 bits per heavy atom. The predicted molar refractivity (Wildman–Crippen MR) is 69.8 cm³/mol. The van der Waals surface area contributed by atoms with Gasteiger partial charge in [-0.3, -0.25) is 4.79 Å². The van der Waals surface area contributed by atoms with Gasteiger partial charge in [0.15, 0.2) is 0 Å². The zero-order valence-electron chi connectivity index (χ0n) is 10.3. The summed E-state index contributed by atoms with van der Waals surface area (Å²) >= 11 is 3.12. The largest absolute Gasteiger partial charge is 0.481 e. The first kappa shape index (κ1) is 13.7. The fourth-order valence-electron chi connectivity index (χ4n) is 1.76. The van der Waals surface area contributed by atoms with E-state index in [0.717, 1.165) is 0 Å². The minimum Gasteiger partial charge on any atom is -0.481 e. The number of carboxylic acid groups (broad SMARTS) is 1. The standard InChI is InChI=1S/C12H11BrFN3O2/c1-6-3-9(14)8(13)4-11(6)17-7(2)10(15-16-17)5-12(18)19/h3-4H,5H2,1-2H3,(H,18,19). The van der Waals surface area contributed by atoms with Crippen LogP contribution in [0.5, 0.6) is 0 Å². The maximum absolute atomic E-state index is 13.4. The third kappa shape index (κ3) is 2.65. The van der Waals surface area contributed by atoms with E-state index < -0.39 is 5.97 Å². The van der Waals surface area contributed by atoms with E-state index in [1.807, 2.05) is 0 Å². The van der Waals surface area contributed by atoms with Gasteiger partial charge in [-0.15, -0.1) is 5.10 Å². The van der Waals surface area contributed by atoms with Crippen molar-refractivity contribution in [1.29, 1.82) is 0 Å². The molecule has 0 saturated carbocycles. The Bertz CT molecular complexity index is 655. The highest BCUT2D eigenvalue weighted by molar-refractivity contribution is 9.10. The van der Waals surface area contributed by atoms with Crippen LogP contribution in [0, 0.1) is 19.7 Å². The van der Waals surface area contributed by atoms with Crippen LogP contribution in [0.4, 0.5) is 4.39 Å². The summed E-state index contributed by atoms with van der Waals surface area (Å²) in [5.74, 6) is -1.32. The summed E-state index contributed by atoms with van der Waals surface area (Å²) in [6, 6.07) is 2.98. The number of rotatable bonds is 3. The van der Waals surface area contributed by atoms with E-state index in [1.165, 1.54) is 10.7 Å². The Morgan fingerprint density at radius 1 is 1.47 bits per heavy atom. The van der Waals surface area contributed by atoms with Gasteiger partial charge >= 0.3 is 5.97 Å². The molecule has 100 valence electrons. The van der Waals surface area contributed by atoms with E-state index in [2.05, 4.69) is 26.2 Å². The van der Waals surface area contributed by atoms with Crippen LogP contribution in [0.1, 0.15) is 17.0 Å². The fourth-order valence-corrected chi connectivity index (χ4v) is 2.09. The molecule has 1 heterocycles. The smallest absolute Gasteiger partial charge is 0.309 e. The molecule has 0 atom stereocenters. The molecule has 0 aliphatic rings. The highest BCUT2D eigenvalue weighted by Gasteiger charge is 2.15. The molecule has 1 aromatic heterocycles. The predicted octanol–water partition coefficient (Wildman–Crippen LogP) is 2.41. The van der Waals surface area contributed by atoms with Crippen LogP contribution in [0.25, 0.3) is 5.69 Å². The van der Waals surface area contributed by atoms with Gasteiger partial charge in [-0.05, 0) is 47.5 Å². The van der Waals surface area contributed by atoms with Crippen molar-refractivity contribution in [3.8, 4) is 5.69 Å². The van der Waals surface area contributed by atoms with Crippen molar-refractivity contribution in [2.45, 2.75) is 20.3 Å². The fraction of sp³-hybridized carbons (Fsp3) is 0.250. The molecule has 0 bridgehead atoms. The monoisotopic (exact) mass is 327 g/mol. The second-order valence-corrected chi connectivity index (χ2v) is 5.01. The van der Waals surface area contributed by atoms with Crippen molar-refractivity contribution >= 4 is 21.9 Å². The van der Waals surface area contributed by atoms with Crippen molar-refractivity contribution in [2.24, 2.45) is 0 Å². The highest BCUT2D eigenvalue weighted by Crippen LogP contribution is 2.24. The Hall–Kier alpha value is -1.76.